The Hall–Kier alpha value is -5.34. The van der Waals surface area contributed by atoms with Gasteiger partial charge in [-0.1, -0.05) is 64.1 Å². The van der Waals surface area contributed by atoms with Gasteiger partial charge in [0, 0.05) is 30.8 Å². The summed E-state index contributed by atoms with van der Waals surface area (Å²) in [4.78, 5) is 104. The van der Waals surface area contributed by atoms with Gasteiger partial charge in [0.15, 0.2) is 0 Å². The lowest BCUT2D eigenvalue weighted by molar-refractivity contribution is -0.135. The number of aromatic hydroxyl groups is 1. The van der Waals surface area contributed by atoms with Crippen LogP contribution in [0.2, 0.25) is 0 Å². The minimum Gasteiger partial charge on any atom is -0.508 e. The van der Waals surface area contributed by atoms with E-state index in [1.165, 1.54) is 12.1 Å². The Kier molecular flexibility index (Phi) is 16.4. The van der Waals surface area contributed by atoms with Crippen LogP contribution in [-0.2, 0) is 51.2 Å². The highest BCUT2D eigenvalue weighted by Gasteiger charge is 2.34. The fourth-order valence-electron chi connectivity index (χ4n) is 4.98. The van der Waals surface area contributed by atoms with Crippen molar-refractivity contribution in [2.75, 3.05) is 11.5 Å². The number of phenols is 1. The van der Waals surface area contributed by atoms with E-state index in [1.54, 1.807) is 42.5 Å². The van der Waals surface area contributed by atoms with E-state index >= 15 is 0 Å². The van der Waals surface area contributed by atoms with E-state index in [1.807, 2.05) is 0 Å². The Labute approximate surface area is 312 Å². The summed E-state index contributed by atoms with van der Waals surface area (Å²) in [5, 5.41) is 22.3. The number of benzene rings is 2. The Morgan fingerprint density at radius 1 is 0.623 bits per heavy atom. The molecule has 2 aromatic carbocycles. The van der Waals surface area contributed by atoms with Crippen LogP contribution < -0.4 is 49.5 Å². The molecule has 18 nitrogen and oxygen atoms in total. The normalized spacial score (nSPS) is 24.0. The highest BCUT2D eigenvalue weighted by atomic mass is 33.1. The molecule has 1 aliphatic rings. The van der Waals surface area contributed by atoms with Crippen molar-refractivity contribution in [2.24, 2.45) is 22.9 Å². The fraction of sp³-hybridized carbons (Fsp3) is 0.394. The molecule has 286 valence electrons. The van der Waals surface area contributed by atoms with E-state index in [4.69, 9.17) is 22.9 Å². The maximum absolute atomic E-state index is 13.9. The molecule has 0 bridgehead atoms. The molecule has 0 aliphatic carbocycles. The third kappa shape index (κ3) is 14.3. The van der Waals surface area contributed by atoms with Gasteiger partial charge in [-0.25, -0.2) is 0 Å². The van der Waals surface area contributed by atoms with Crippen LogP contribution in [0.1, 0.15) is 30.4 Å². The molecule has 6 atom stereocenters. The molecule has 0 radical (unpaired) electrons. The van der Waals surface area contributed by atoms with Crippen LogP contribution in [0, 0.1) is 0 Å². The topological polar surface area (TPSA) is 321 Å². The Morgan fingerprint density at radius 2 is 1.11 bits per heavy atom. The first-order chi connectivity index (χ1) is 25.1. The average Bonchev–Trinajstić information content (AvgIpc) is 3.10. The maximum atomic E-state index is 13.9. The number of primary amides is 3. The van der Waals surface area contributed by atoms with Crippen LogP contribution in [0.3, 0.4) is 0 Å². The van der Waals surface area contributed by atoms with Crippen LogP contribution >= 0.6 is 21.6 Å². The quantitative estimate of drug-likeness (QED) is 0.108. The minimum atomic E-state index is -1.63. The van der Waals surface area contributed by atoms with Gasteiger partial charge in [0.1, 0.15) is 36.0 Å². The zero-order chi connectivity index (χ0) is 39.1. The van der Waals surface area contributed by atoms with Crippen molar-refractivity contribution in [3.05, 3.63) is 65.7 Å². The standard InChI is InChI=1S/C33H43N9O9S2/c34-20-15-52-53-16-25(28(37)46)42-33(51)24(14-27(36)45)41-30(48)21(10-11-26(35)44)38-31(49)23(12-17-4-2-1-3-5-17)40-32(50)22(39-29(20)47)13-18-6-8-19(43)9-7-18/h1-9,20-25,43H,10-16,34H2,(H2,35,44)(H2,36,45)(H2,37,46)(H,38,49)(H,39,47)(H,40,50)(H,41,48)(H,42,51)/t20-,21-,22?,23-,24?,25-/m0/s1. The molecular weight excluding hydrogens is 731 g/mol. The van der Waals surface area contributed by atoms with Gasteiger partial charge in [0.05, 0.1) is 12.5 Å². The van der Waals surface area contributed by atoms with Crippen LogP contribution in [-0.4, -0.2) is 100 Å². The van der Waals surface area contributed by atoms with Crippen LogP contribution in [0.25, 0.3) is 0 Å². The highest BCUT2D eigenvalue weighted by Crippen LogP contribution is 2.23. The second-order valence-electron chi connectivity index (χ2n) is 12.1. The molecule has 0 aromatic heterocycles. The zero-order valence-electron chi connectivity index (χ0n) is 28.4. The van der Waals surface area contributed by atoms with Gasteiger partial charge in [-0.2, -0.15) is 0 Å². The first-order valence-electron chi connectivity index (χ1n) is 16.3. The summed E-state index contributed by atoms with van der Waals surface area (Å²) in [6, 6.07) is 6.22. The number of nitrogens with two attached hydrogens (primary N) is 4. The summed E-state index contributed by atoms with van der Waals surface area (Å²) in [7, 11) is 2.12. The molecule has 14 N–H and O–H groups in total. The van der Waals surface area contributed by atoms with E-state index in [2.05, 4.69) is 26.6 Å². The molecular formula is C33H43N9O9S2. The van der Waals surface area contributed by atoms with E-state index in [0.29, 0.717) is 11.1 Å². The van der Waals surface area contributed by atoms with Gasteiger partial charge in [0.2, 0.25) is 47.3 Å². The lowest BCUT2D eigenvalue weighted by Crippen LogP contribution is -2.60. The molecule has 1 saturated heterocycles. The van der Waals surface area contributed by atoms with Gasteiger partial charge in [-0.3, -0.25) is 38.4 Å². The predicted octanol–water partition coefficient (Wildman–Crippen LogP) is -3.05. The van der Waals surface area contributed by atoms with Gasteiger partial charge in [-0.05, 0) is 29.7 Å². The van der Waals surface area contributed by atoms with E-state index in [-0.39, 0.29) is 42.9 Å². The van der Waals surface area contributed by atoms with Crippen molar-refractivity contribution in [1.29, 1.82) is 0 Å². The molecule has 2 unspecified atom stereocenters. The number of carbonyl (C=O) groups excluding carboxylic acids is 8. The molecule has 1 heterocycles. The summed E-state index contributed by atoms with van der Waals surface area (Å²) < 4.78 is 0. The molecule has 53 heavy (non-hydrogen) atoms. The van der Waals surface area contributed by atoms with Crippen LogP contribution in [0.5, 0.6) is 5.75 Å². The number of rotatable bonds is 10. The van der Waals surface area contributed by atoms with E-state index in [0.717, 1.165) is 21.6 Å². The number of phenolic OH excluding ortho intramolecular Hbond substituents is 1. The van der Waals surface area contributed by atoms with Crippen molar-refractivity contribution in [3.63, 3.8) is 0 Å². The number of hydrogen-bond acceptors (Lipinski definition) is 12. The van der Waals surface area contributed by atoms with Crippen LogP contribution in [0.4, 0.5) is 0 Å². The van der Waals surface area contributed by atoms with Crippen molar-refractivity contribution in [2.45, 2.75) is 68.4 Å². The summed E-state index contributed by atoms with van der Waals surface area (Å²) in [5.41, 5.74) is 23.5. The van der Waals surface area contributed by atoms with Crippen molar-refractivity contribution in [1.82, 2.24) is 26.6 Å². The SMILES string of the molecule is NC(=O)CC[C@@H]1NC(=O)[C@H](Cc2ccccc2)NC(=O)C(Cc2ccc(O)cc2)NC(=O)[C@@H](N)CSSC[C@@H](C(N)=O)NC(=O)C(CC(N)=O)NC1=O. The second-order valence-corrected chi connectivity index (χ2v) is 14.7. The van der Waals surface area contributed by atoms with Gasteiger partial charge >= 0.3 is 0 Å². The number of carbonyl (C=O) groups is 8. The molecule has 1 aliphatic heterocycles. The summed E-state index contributed by atoms with van der Waals surface area (Å²) in [6.45, 7) is 0. The van der Waals surface area contributed by atoms with E-state index in [9.17, 15) is 43.5 Å². The predicted molar refractivity (Wildman–Crippen MR) is 196 cm³/mol. The zero-order valence-corrected chi connectivity index (χ0v) is 30.1. The molecule has 1 fully saturated rings. The van der Waals surface area contributed by atoms with Gasteiger partial charge in [0.25, 0.3) is 0 Å². The Morgan fingerprint density at radius 3 is 1.68 bits per heavy atom. The molecule has 0 saturated carbocycles. The van der Waals surface area contributed by atoms with Gasteiger partial charge in [-0.15, -0.1) is 0 Å². The smallest absolute Gasteiger partial charge is 0.243 e. The number of amides is 8. The molecule has 2 aromatic rings. The Bertz CT molecular complexity index is 1650. The summed E-state index contributed by atoms with van der Waals surface area (Å²) >= 11 is 0. The lowest BCUT2D eigenvalue weighted by Gasteiger charge is -2.27. The fourth-order valence-corrected chi connectivity index (χ4v) is 7.28. The van der Waals surface area contributed by atoms with Gasteiger partial charge < -0.3 is 54.6 Å². The number of hydrogen-bond donors (Lipinski definition) is 10. The molecule has 20 heteroatoms. The second kappa shape index (κ2) is 20.6. The monoisotopic (exact) mass is 773 g/mol. The first kappa shape index (κ1) is 42.1. The highest BCUT2D eigenvalue weighted by molar-refractivity contribution is 8.76. The molecule has 8 amide bonds. The minimum absolute atomic E-state index is 0.00440. The van der Waals surface area contributed by atoms with Crippen molar-refractivity contribution in [3.8, 4) is 5.75 Å². The largest absolute Gasteiger partial charge is 0.508 e. The van der Waals surface area contributed by atoms with Crippen molar-refractivity contribution < 1.29 is 43.5 Å². The summed E-state index contributed by atoms with van der Waals surface area (Å²) in [5.74, 6) is -7.27. The van der Waals surface area contributed by atoms with Crippen molar-refractivity contribution >= 4 is 68.8 Å². The number of nitrogens with one attached hydrogen (secondary N) is 5. The average molecular weight is 774 g/mol. The lowest BCUT2D eigenvalue weighted by atomic mass is 10.0. The molecule has 0 spiro atoms. The van der Waals surface area contributed by atoms with Crippen LogP contribution in [0.15, 0.2) is 54.6 Å². The third-order valence-electron chi connectivity index (χ3n) is 7.84. The summed E-state index contributed by atoms with van der Waals surface area (Å²) in [6.07, 6.45) is -1.60. The first-order valence-corrected chi connectivity index (χ1v) is 18.8. The molecule has 3 rings (SSSR count). The maximum Gasteiger partial charge on any atom is 0.243 e. The van der Waals surface area contributed by atoms with E-state index < -0.39 is 89.9 Å². The Balaban J connectivity index is 2.05. The third-order valence-corrected chi connectivity index (χ3v) is 10.3.